The molecule has 0 spiro atoms. The van der Waals surface area contributed by atoms with Gasteiger partial charge < -0.3 is 10.6 Å². The highest BCUT2D eigenvalue weighted by molar-refractivity contribution is 14.0. The van der Waals surface area contributed by atoms with Crippen molar-refractivity contribution in [1.29, 1.82) is 0 Å². The summed E-state index contributed by atoms with van der Waals surface area (Å²) in [4.78, 5) is 10.4. The lowest BCUT2D eigenvalue weighted by molar-refractivity contribution is 0.792. The number of hydrogen-bond donors (Lipinski definition) is 2. The van der Waals surface area contributed by atoms with E-state index in [4.69, 9.17) is 0 Å². The third-order valence-electron chi connectivity index (χ3n) is 2.70. The highest BCUT2D eigenvalue weighted by Crippen LogP contribution is 2.13. The molecule has 0 aromatic carbocycles. The fraction of sp³-hybridized carbons (Fsp3) is 0.714. The van der Waals surface area contributed by atoms with E-state index in [1.54, 1.807) is 0 Å². The first-order chi connectivity index (χ1) is 9.80. The van der Waals surface area contributed by atoms with Crippen LogP contribution in [0.3, 0.4) is 0 Å². The van der Waals surface area contributed by atoms with E-state index in [1.807, 2.05) is 29.3 Å². The molecule has 0 aliphatic heterocycles. The van der Waals surface area contributed by atoms with Crippen LogP contribution in [0.2, 0.25) is 0 Å². The highest BCUT2D eigenvalue weighted by Gasteiger charge is 2.01. The number of nitrogens with zero attached hydrogens (tertiary/aromatic N) is 2. The summed E-state index contributed by atoms with van der Waals surface area (Å²) in [5.74, 6) is 2.09. The molecule has 2 N–H and O–H groups in total. The van der Waals surface area contributed by atoms with Crippen LogP contribution in [0.25, 0.3) is 0 Å². The van der Waals surface area contributed by atoms with Gasteiger partial charge in [-0.25, -0.2) is 4.98 Å². The van der Waals surface area contributed by atoms with E-state index in [9.17, 15) is 0 Å². The molecule has 0 bridgehead atoms. The Morgan fingerprint density at radius 1 is 1.38 bits per heavy atom. The molecule has 0 aliphatic carbocycles. The summed E-state index contributed by atoms with van der Waals surface area (Å²) < 4.78 is 0. The summed E-state index contributed by atoms with van der Waals surface area (Å²) in [5.41, 5.74) is 0. The lowest BCUT2D eigenvalue weighted by atomic mass is 10.4. The number of rotatable bonds is 9. The maximum Gasteiger partial charge on any atom is 0.191 e. The molecule has 0 amide bonds. The van der Waals surface area contributed by atoms with Crippen LogP contribution in [0.1, 0.15) is 30.2 Å². The van der Waals surface area contributed by atoms with Gasteiger partial charge in [0.2, 0.25) is 0 Å². The molecule has 0 aliphatic rings. The van der Waals surface area contributed by atoms with Gasteiger partial charge in [0.1, 0.15) is 0 Å². The molecule has 0 saturated heterocycles. The molecule has 21 heavy (non-hydrogen) atoms. The second-order valence-electron chi connectivity index (χ2n) is 4.36. The molecule has 1 aromatic heterocycles. The van der Waals surface area contributed by atoms with E-state index in [-0.39, 0.29) is 24.0 Å². The summed E-state index contributed by atoms with van der Waals surface area (Å²) in [6.07, 6.45) is 7.28. The van der Waals surface area contributed by atoms with Gasteiger partial charge in [0.15, 0.2) is 5.96 Å². The molecule has 1 aromatic rings. The zero-order valence-electron chi connectivity index (χ0n) is 13.1. The van der Waals surface area contributed by atoms with Gasteiger partial charge in [0.25, 0.3) is 0 Å². The number of aryl methyl sites for hydroxylation is 1. The Balaban J connectivity index is 0.00000400. The second-order valence-corrected chi connectivity index (χ2v) is 6.54. The van der Waals surface area contributed by atoms with Crippen LogP contribution >= 0.6 is 47.1 Å². The number of halogens is 1. The molecule has 0 fully saturated rings. The monoisotopic (exact) mass is 442 g/mol. The number of aliphatic imine (C=N–C) groups is 1. The predicted octanol–water partition coefficient (Wildman–Crippen LogP) is 3.17. The largest absolute Gasteiger partial charge is 0.357 e. The Morgan fingerprint density at radius 2 is 2.19 bits per heavy atom. The summed E-state index contributed by atoms with van der Waals surface area (Å²) in [5, 5.41) is 7.85. The number of aromatic nitrogens is 1. The summed E-state index contributed by atoms with van der Waals surface area (Å²) in [7, 11) is 0. The van der Waals surface area contributed by atoms with Crippen molar-refractivity contribution in [2.24, 2.45) is 4.99 Å². The minimum Gasteiger partial charge on any atom is -0.357 e. The van der Waals surface area contributed by atoms with E-state index in [0.29, 0.717) is 0 Å². The smallest absolute Gasteiger partial charge is 0.191 e. The quantitative estimate of drug-likeness (QED) is 0.267. The third-order valence-corrected chi connectivity index (χ3v) is 4.60. The molecule has 0 saturated carbocycles. The molecule has 0 atom stereocenters. The summed E-state index contributed by atoms with van der Waals surface area (Å²) in [6, 6.07) is 0. The summed E-state index contributed by atoms with van der Waals surface area (Å²) in [6.45, 7) is 6.91. The Morgan fingerprint density at radius 3 is 2.81 bits per heavy atom. The van der Waals surface area contributed by atoms with Crippen LogP contribution in [0.4, 0.5) is 0 Å². The van der Waals surface area contributed by atoms with Crippen LogP contribution < -0.4 is 10.6 Å². The zero-order chi connectivity index (χ0) is 14.6. The van der Waals surface area contributed by atoms with Crippen LogP contribution in [-0.4, -0.2) is 42.6 Å². The lowest BCUT2D eigenvalue weighted by Gasteiger charge is -2.10. The van der Waals surface area contributed by atoms with E-state index in [0.717, 1.165) is 44.9 Å². The minimum atomic E-state index is 0. The van der Waals surface area contributed by atoms with Crippen molar-refractivity contribution < 1.29 is 0 Å². The van der Waals surface area contributed by atoms with Gasteiger partial charge in [-0.3, -0.25) is 4.99 Å². The van der Waals surface area contributed by atoms with Crippen molar-refractivity contribution in [3.63, 3.8) is 0 Å². The Hall–Kier alpha value is -0.0200. The lowest BCUT2D eigenvalue weighted by Crippen LogP contribution is -2.38. The Labute approximate surface area is 154 Å². The minimum absolute atomic E-state index is 0. The van der Waals surface area contributed by atoms with Crippen molar-refractivity contribution >= 4 is 53.0 Å². The maximum atomic E-state index is 4.57. The average molecular weight is 442 g/mol. The third kappa shape index (κ3) is 9.57. The topological polar surface area (TPSA) is 49.3 Å². The van der Waals surface area contributed by atoms with Crippen LogP contribution in [0.5, 0.6) is 0 Å². The number of thioether (sulfide) groups is 1. The molecule has 0 unspecified atom stereocenters. The van der Waals surface area contributed by atoms with Gasteiger partial charge in [-0.2, -0.15) is 11.8 Å². The zero-order valence-corrected chi connectivity index (χ0v) is 17.1. The number of guanidine groups is 1. The van der Waals surface area contributed by atoms with Gasteiger partial charge in [-0.15, -0.1) is 35.3 Å². The standard InChI is InChI=1S/C14H26N4S2.HI/c1-4-12-11-18-13(20-12)7-9-17-14(15-5-2)16-8-6-10-19-3;/h11H,4-10H2,1-3H3,(H2,15,16,17);1H. The van der Waals surface area contributed by atoms with Gasteiger partial charge >= 0.3 is 0 Å². The first-order valence-electron chi connectivity index (χ1n) is 7.24. The van der Waals surface area contributed by atoms with E-state index >= 15 is 0 Å². The number of hydrogen-bond acceptors (Lipinski definition) is 4. The Bertz CT molecular complexity index is 396. The fourth-order valence-corrected chi connectivity index (χ4v) is 2.94. The maximum absolute atomic E-state index is 4.57. The molecule has 122 valence electrons. The van der Waals surface area contributed by atoms with E-state index in [1.165, 1.54) is 15.6 Å². The van der Waals surface area contributed by atoms with Crippen molar-refractivity contribution in [3.8, 4) is 0 Å². The molecule has 7 heteroatoms. The number of thiazole rings is 1. The Kier molecular flexibility index (Phi) is 13.6. The normalized spacial score (nSPS) is 11.1. The predicted molar refractivity (Wildman–Crippen MR) is 108 cm³/mol. The first-order valence-corrected chi connectivity index (χ1v) is 9.45. The highest BCUT2D eigenvalue weighted by atomic mass is 127. The van der Waals surface area contributed by atoms with Crippen molar-refractivity contribution in [2.75, 3.05) is 31.6 Å². The van der Waals surface area contributed by atoms with Gasteiger partial charge in [0.05, 0.1) is 5.01 Å². The van der Waals surface area contributed by atoms with Crippen LogP contribution in [0.15, 0.2) is 11.2 Å². The molecular formula is C14H27IN4S2. The van der Waals surface area contributed by atoms with Crippen molar-refractivity contribution in [3.05, 3.63) is 16.1 Å². The first kappa shape index (κ1) is 21.0. The summed E-state index contributed by atoms with van der Waals surface area (Å²) >= 11 is 3.68. The SMILES string of the molecule is CCNC(=NCCCSC)NCCc1ncc(CC)s1.I. The van der Waals surface area contributed by atoms with E-state index < -0.39 is 0 Å². The van der Waals surface area contributed by atoms with Crippen molar-refractivity contribution in [2.45, 2.75) is 33.1 Å². The second kappa shape index (κ2) is 13.6. The number of nitrogens with one attached hydrogen (secondary N) is 2. The molecule has 0 radical (unpaired) electrons. The molecule has 1 heterocycles. The fourth-order valence-electron chi connectivity index (χ4n) is 1.66. The average Bonchev–Trinajstić information content (AvgIpc) is 2.91. The van der Waals surface area contributed by atoms with Gasteiger partial charge in [0, 0.05) is 37.1 Å². The van der Waals surface area contributed by atoms with Gasteiger partial charge in [-0.05, 0) is 31.8 Å². The molecule has 4 nitrogen and oxygen atoms in total. The van der Waals surface area contributed by atoms with Crippen LogP contribution in [0, 0.1) is 0 Å². The van der Waals surface area contributed by atoms with Gasteiger partial charge in [-0.1, -0.05) is 6.92 Å². The van der Waals surface area contributed by atoms with Crippen LogP contribution in [-0.2, 0) is 12.8 Å². The van der Waals surface area contributed by atoms with Crippen molar-refractivity contribution in [1.82, 2.24) is 15.6 Å². The molecular weight excluding hydrogens is 415 g/mol. The molecule has 1 rings (SSSR count). The van der Waals surface area contributed by atoms with E-state index in [2.05, 4.69) is 40.7 Å².